The van der Waals surface area contributed by atoms with Crippen molar-refractivity contribution in [3.63, 3.8) is 0 Å². The Morgan fingerprint density at radius 1 is 1.15 bits per heavy atom. The number of carbonyl (C=O) groups is 2. The molecule has 0 unspecified atom stereocenters. The Kier molecular flexibility index (Phi) is 6.52. The summed E-state index contributed by atoms with van der Waals surface area (Å²) in [6, 6.07) is 14.4. The number of fused-ring (bicyclic) bond motifs is 1. The van der Waals surface area contributed by atoms with Gasteiger partial charge in [0.05, 0.1) is 18.4 Å². The number of hydrogen-bond donors (Lipinski definition) is 1. The number of nitrogens with one attached hydrogen (secondary N) is 1. The van der Waals surface area contributed by atoms with Gasteiger partial charge in [-0.3, -0.25) is 19.0 Å². The van der Waals surface area contributed by atoms with Gasteiger partial charge in [-0.2, -0.15) is 0 Å². The molecule has 1 N–H and O–H groups in total. The summed E-state index contributed by atoms with van der Waals surface area (Å²) >= 11 is 7.23. The first-order valence-electron chi connectivity index (χ1n) is 9.84. The number of halogens is 2. The van der Waals surface area contributed by atoms with Gasteiger partial charge >= 0.3 is 0 Å². The van der Waals surface area contributed by atoms with Gasteiger partial charge in [-0.25, -0.2) is 9.37 Å². The first kappa shape index (κ1) is 22.6. The fraction of sp³-hybridized carbons (Fsp3) is 0.130. The van der Waals surface area contributed by atoms with E-state index in [1.165, 1.54) is 58.4 Å². The molecule has 0 aliphatic heterocycles. The van der Waals surface area contributed by atoms with E-state index in [0.717, 1.165) is 10.4 Å². The lowest BCUT2D eigenvalue weighted by Gasteiger charge is -2.17. The van der Waals surface area contributed by atoms with Gasteiger partial charge < -0.3 is 10.2 Å². The average Bonchev–Trinajstić information content (AvgIpc) is 3.23. The Hall–Kier alpha value is -3.56. The highest BCUT2D eigenvalue weighted by molar-refractivity contribution is 7.22. The van der Waals surface area contributed by atoms with Crippen LogP contribution in [-0.4, -0.2) is 39.9 Å². The zero-order chi connectivity index (χ0) is 23.5. The van der Waals surface area contributed by atoms with Crippen molar-refractivity contribution in [1.82, 2.24) is 14.5 Å². The lowest BCUT2D eigenvalue weighted by molar-refractivity contribution is -0.133. The fourth-order valence-electron chi connectivity index (χ4n) is 3.12. The van der Waals surface area contributed by atoms with Gasteiger partial charge in [0.2, 0.25) is 11.8 Å². The minimum absolute atomic E-state index is 0.222. The summed E-state index contributed by atoms with van der Waals surface area (Å²) in [5, 5.41) is 3.21. The van der Waals surface area contributed by atoms with Crippen molar-refractivity contribution in [1.29, 1.82) is 0 Å². The maximum Gasteiger partial charge on any atom is 0.271 e. The van der Waals surface area contributed by atoms with Gasteiger partial charge in [0.25, 0.3) is 5.56 Å². The van der Waals surface area contributed by atoms with Crippen LogP contribution >= 0.6 is 22.9 Å². The molecule has 0 bridgehead atoms. The molecule has 0 atom stereocenters. The van der Waals surface area contributed by atoms with Gasteiger partial charge in [0.15, 0.2) is 0 Å². The van der Waals surface area contributed by atoms with E-state index in [1.807, 2.05) is 18.2 Å². The molecule has 4 rings (SSSR count). The van der Waals surface area contributed by atoms with Crippen LogP contribution in [0.3, 0.4) is 0 Å². The van der Waals surface area contributed by atoms with Crippen molar-refractivity contribution in [2.24, 2.45) is 0 Å². The van der Waals surface area contributed by atoms with Gasteiger partial charge in [-0.05, 0) is 48.0 Å². The molecule has 0 saturated heterocycles. The molecule has 2 heterocycles. The van der Waals surface area contributed by atoms with E-state index in [1.54, 1.807) is 12.1 Å². The Morgan fingerprint density at radius 3 is 2.55 bits per heavy atom. The molecule has 0 spiro atoms. The van der Waals surface area contributed by atoms with Crippen LogP contribution in [0.1, 0.15) is 0 Å². The minimum atomic E-state index is -0.441. The summed E-state index contributed by atoms with van der Waals surface area (Å²) in [5.74, 6) is -1.28. The van der Waals surface area contributed by atoms with Gasteiger partial charge in [-0.1, -0.05) is 23.7 Å². The SMILES string of the molecule is CN(CC(=O)Nc1ccc(F)cc1)C(=O)Cn1cnc2cc(-c3ccc(Cl)cc3)sc2c1=O. The van der Waals surface area contributed by atoms with Crippen LogP contribution in [0.5, 0.6) is 0 Å². The quantitative estimate of drug-likeness (QED) is 0.448. The Morgan fingerprint density at radius 2 is 1.85 bits per heavy atom. The topological polar surface area (TPSA) is 84.3 Å². The van der Waals surface area contributed by atoms with Gasteiger partial charge in [0, 0.05) is 22.6 Å². The van der Waals surface area contributed by atoms with Crippen LogP contribution in [-0.2, 0) is 16.1 Å². The van der Waals surface area contributed by atoms with Gasteiger partial charge in [0.1, 0.15) is 17.1 Å². The fourth-order valence-corrected chi connectivity index (χ4v) is 4.31. The number of aromatic nitrogens is 2. The summed E-state index contributed by atoms with van der Waals surface area (Å²) in [6.45, 7) is -0.476. The summed E-state index contributed by atoms with van der Waals surface area (Å²) in [4.78, 5) is 44.1. The maximum absolute atomic E-state index is 13.0. The molecule has 0 aliphatic carbocycles. The lowest BCUT2D eigenvalue weighted by atomic mass is 10.2. The summed E-state index contributed by atoms with van der Waals surface area (Å²) in [6.07, 6.45) is 1.33. The molecule has 168 valence electrons. The second-order valence-corrected chi connectivity index (χ2v) is 8.80. The maximum atomic E-state index is 13.0. The third-order valence-electron chi connectivity index (χ3n) is 4.87. The van der Waals surface area contributed by atoms with Gasteiger partial charge in [-0.15, -0.1) is 11.3 Å². The van der Waals surface area contributed by atoms with Crippen molar-refractivity contribution in [3.05, 3.63) is 82.1 Å². The molecule has 7 nitrogen and oxygen atoms in total. The second-order valence-electron chi connectivity index (χ2n) is 7.31. The van der Waals surface area contributed by atoms with Crippen molar-refractivity contribution in [3.8, 4) is 10.4 Å². The van der Waals surface area contributed by atoms with E-state index in [4.69, 9.17) is 11.6 Å². The highest BCUT2D eigenvalue weighted by Gasteiger charge is 2.17. The molecule has 4 aromatic rings. The standard InChI is InChI=1S/C23H18ClFN4O3S/c1-28(11-20(30)27-17-8-6-16(25)7-9-17)21(31)12-29-13-26-18-10-19(33-22(18)23(29)32)14-2-4-15(24)5-3-14/h2-10,13H,11-12H2,1H3,(H,27,30). The first-order valence-corrected chi connectivity index (χ1v) is 11.0. The smallest absolute Gasteiger partial charge is 0.271 e. The molecule has 2 aromatic heterocycles. The predicted octanol–water partition coefficient (Wildman–Crippen LogP) is 4.01. The normalized spacial score (nSPS) is 10.9. The molecule has 0 fully saturated rings. The number of amides is 2. The first-order chi connectivity index (χ1) is 15.8. The zero-order valence-electron chi connectivity index (χ0n) is 17.4. The molecule has 2 aromatic carbocycles. The van der Waals surface area contributed by atoms with Crippen LogP contribution in [0.25, 0.3) is 20.7 Å². The number of benzene rings is 2. The van der Waals surface area contributed by atoms with Crippen molar-refractivity contribution in [2.45, 2.75) is 6.54 Å². The van der Waals surface area contributed by atoms with E-state index in [0.29, 0.717) is 20.9 Å². The highest BCUT2D eigenvalue weighted by atomic mass is 35.5. The molecular weight excluding hydrogens is 467 g/mol. The highest BCUT2D eigenvalue weighted by Crippen LogP contribution is 2.31. The number of anilines is 1. The van der Waals surface area contributed by atoms with Crippen LogP contribution in [0.4, 0.5) is 10.1 Å². The van der Waals surface area contributed by atoms with Crippen LogP contribution in [0.2, 0.25) is 5.02 Å². The van der Waals surface area contributed by atoms with Crippen LogP contribution < -0.4 is 10.9 Å². The van der Waals surface area contributed by atoms with E-state index in [2.05, 4.69) is 10.3 Å². The van der Waals surface area contributed by atoms with Crippen molar-refractivity contribution < 1.29 is 14.0 Å². The number of thiophene rings is 1. The molecule has 33 heavy (non-hydrogen) atoms. The summed E-state index contributed by atoms with van der Waals surface area (Å²) in [5.41, 5.74) is 1.55. The molecule has 10 heteroatoms. The predicted molar refractivity (Wildman–Crippen MR) is 127 cm³/mol. The molecular formula is C23H18ClFN4O3S. The second kappa shape index (κ2) is 9.51. The number of rotatable bonds is 6. The van der Waals surface area contributed by atoms with E-state index in [9.17, 15) is 18.8 Å². The zero-order valence-corrected chi connectivity index (χ0v) is 19.0. The summed E-state index contributed by atoms with van der Waals surface area (Å²) < 4.78 is 14.6. The van der Waals surface area contributed by atoms with E-state index < -0.39 is 17.6 Å². The van der Waals surface area contributed by atoms with E-state index in [-0.39, 0.29) is 18.6 Å². The Balaban J connectivity index is 1.45. The van der Waals surface area contributed by atoms with Crippen molar-refractivity contribution >= 4 is 50.7 Å². The number of nitrogens with zero attached hydrogens (tertiary/aromatic N) is 3. The lowest BCUT2D eigenvalue weighted by Crippen LogP contribution is -2.38. The number of carbonyl (C=O) groups excluding carboxylic acids is 2. The largest absolute Gasteiger partial charge is 0.335 e. The summed E-state index contributed by atoms with van der Waals surface area (Å²) in [7, 11) is 1.47. The third-order valence-corrected chi connectivity index (χ3v) is 6.29. The van der Waals surface area contributed by atoms with Crippen LogP contribution in [0, 0.1) is 5.82 Å². The Labute approximate surface area is 197 Å². The molecule has 0 aliphatic rings. The number of hydrogen-bond acceptors (Lipinski definition) is 5. The van der Waals surface area contributed by atoms with Crippen molar-refractivity contribution in [2.75, 3.05) is 18.9 Å². The minimum Gasteiger partial charge on any atom is -0.335 e. The van der Waals surface area contributed by atoms with E-state index >= 15 is 0 Å². The monoisotopic (exact) mass is 484 g/mol. The molecule has 2 amide bonds. The molecule has 0 radical (unpaired) electrons. The third kappa shape index (κ3) is 5.27. The van der Waals surface area contributed by atoms with Crippen LogP contribution in [0.15, 0.2) is 65.7 Å². The Bertz CT molecular complexity index is 1380. The number of likely N-dealkylation sites (N-methyl/N-ethyl adjacent to an activating group) is 1. The molecule has 0 saturated carbocycles. The average molecular weight is 485 g/mol.